The summed E-state index contributed by atoms with van der Waals surface area (Å²) in [6.45, 7) is 0.981. The van der Waals surface area contributed by atoms with E-state index in [0.717, 1.165) is 29.6 Å². The Hall–Kier alpha value is -2.82. The molecule has 0 aliphatic heterocycles. The van der Waals surface area contributed by atoms with Crippen LogP contribution < -0.4 is 15.8 Å². The van der Waals surface area contributed by atoms with Gasteiger partial charge in [-0.2, -0.15) is 0 Å². The lowest BCUT2D eigenvalue weighted by Gasteiger charge is -2.07. The van der Waals surface area contributed by atoms with Gasteiger partial charge in [-0.05, 0) is 35.4 Å². The van der Waals surface area contributed by atoms with Crippen LogP contribution in [0.25, 0.3) is 0 Å². The number of ether oxygens (including phenoxy) is 1. The van der Waals surface area contributed by atoms with E-state index in [0.29, 0.717) is 18.7 Å². The highest BCUT2D eigenvalue weighted by Crippen LogP contribution is 2.12. The molecule has 0 radical (unpaired) electrons. The zero-order valence-electron chi connectivity index (χ0n) is 12.1. The van der Waals surface area contributed by atoms with Crippen molar-refractivity contribution in [1.29, 1.82) is 0 Å². The number of amides is 2. The highest BCUT2D eigenvalue weighted by molar-refractivity contribution is 5.74. The first-order valence-corrected chi connectivity index (χ1v) is 6.96. The van der Waals surface area contributed by atoms with Gasteiger partial charge in [-0.1, -0.05) is 24.3 Å². The Morgan fingerprint density at radius 3 is 2.27 bits per heavy atom. The molecule has 0 bridgehead atoms. The van der Waals surface area contributed by atoms with E-state index < -0.39 is 6.03 Å². The molecule has 0 atom stereocenters. The van der Waals surface area contributed by atoms with Crippen LogP contribution in [0, 0.1) is 0 Å². The first kappa shape index (κ1) is 15.6. The molecule has 0 aromatic heterocycles. The summed E-state index contributed by atoms with van der Waals surface area (Å²) in [4.78, 5) is 21.2. The third kappa shape index (κ3) is 4.94. The van der Waals surface area contributed by atoms with Gasteiger partial charge in [-0.15, -0.1) is 0 Å². The Kier molecular flexibility index (Phi) is 5.54. The molecule has 0 spiro atoms. The van der Waals surface area contributed by atoms with Gasteiger partial charge < -0.3 is 15.8 Å². The summed E-state index contributed by atoms with van der Waals surface area (Å²) in [6.07, 6.45) is 1.58. The summed E-state index contributed by atoms with van der Waals surface area (Å²) in [5, 5.41) is 2.54. The first-order valence-electron chi connectivity index (χ1n) is 6.96. The highest BCUT2D eigenvalue weighted by atomic mass is 16.5. The minimum absolute atomic E-state index is 0.426. The maximum atomic E-state index is 10.6. The Morgan fingerprint density at radius 1 is 1.05 bits per heavy atom. The second-order valence-electron chi connectivity index (χ2n) is 4.82. The molecule has 3 N–H and O–H groups in total. The molecule has 2 amide bonds. The summed E-state index contributed by atoms with van der Waals surface area (Å²) >= 11 is 0. The summed E-state index contributed by atoms with van der Waals surface area (Å²) in [5.41, 5.74) is 7.79. The third-order valence-corrected chi connectivity index (χ3v) is 3.17. The molecule has 5 nitrogen and oxygen atoms in total. The topological polar surface area (TPSA) is 81.4 Å². The summed E-state index contributed by atoms with van der Waals surface area (Å²) < 4.78 is 5.63. The number of hydrogen-bond acceptors (Lipinski definition) is 3. The smallest absolute Gasteiger partial charge is 0.312 e. The van der Waals surface area contributed by atoms with Crippen LogP contribution in [0.5, 0.6) is 5.75 Å². The van der Waals surface area contributed by atoms with Crippen molar-refractivity contribution in [2.45, 2.75) is 13.0 Å². The largest absolute Gasteiger partial charge is 0.493 e. The molecule has 0 heterocycles. The van der Waals surface area contributed by atoms with Gasteiger partial charge in [-0.25, -0.2) is 4.79 Å². The number of primary amides is 1. The van der Waals surface area contributed by atoms with Crippen molar-refractivity contribution in [1.82, 2.24) is 5.32 Å². The van der Waals surface area contributed by atoms with Gasteiger partial charge >= 0.3 is 6.03 Å². The summed E-state index contributed by atoms with van der Waals surface area (Å²) in [7, 11) is 0. The van der Waals surface area contributed by atoms with E-state index in [-0.39, 0.29) is 0 Å². The lowest BCUT2D eigenvalue weighted by molar-refractivity contribution is 0.112. The quantitative estimate of drug-likeness (QED) is 0.769. The molecule has 0 unspecified atom stereocenters. The Labute approximate surface area is 129 Å². The van der Waals surface area contributed by atoms with Crippen molar-refractivity contribution in [3.63, 3.8) is 0 Å². The van der Waals surface area contributed by atoms with Crippen LogP contribution in [-0.2, 0) is 13.0 Å². The Morgan fingerprint density at radius 2 is 1.68 bits per heavy atom. The van der Waals surface area contributed by atoms with Gasteiger partial charge in [0.2, 0.25) is 0 Å². The second-order valence-corrected chi connectivity index (χ2v) is 4.82. The molecule has 5 heteroatoms. The fourth-order valence-electron chi connectivity index (χ4n) is 1.94. The predicted molar refractivity (Wildman–Crippen MR) is 83.9 cm³/mol. The number of urea groups is 1. The van der Waals surface area contributed by atoms with Crippen molar-refractivity contribution < 1.29 is 14.3 Å². The van der Waals surface area contributed by atoms with E-state index in [1.807, 2.05) is 24.3 Å². The van der Waals surface area contributed by atoms with E-state index in [4.69, 9.17) is 10.5 Å². The zero-order valence-corrected chi connectivity index (χ0v) is 12.1. The summed E-state index contributed by atoms with van der Waals surface area (Å²) in [5.74, 6) is 0.743. The summed E-state index contributed by atoms with van der Waals surface area (Å²) in [6, 6.07) is 14.4. The average Bonchev–Trinajstić information content (AvgIpc) is 2.55. The lowest BCUT2D eigenvalue weighted by Crippen LogP contribution is -2.28. The van der Waals surface area contributed by atoms with Crippen LogP contribution in [-0.4, -0.2) is 18.9 Å². The molecular weight excluding hydrogens is 280 g/mol. The molecule has 0 saturated heterocycles. The van der Waals surface area contributed by atoms with Crippen molar-refractivity contribution in [3.8, 4) is 5.75 Å². The molecule has 2 aromatic carbocycles. The molecule has 0 aliphatic rings. The third-order valence-electron chi connectivity index (χ3n) is 3.17. The highest BCUT2D eigenvalue weighted by Gasteiger charge is 1.99. The lowest BCUT2D eigenvalue weighted by atomic mass is 10.1. The van der Waals surface area contributed by atoms with E-state index in [1.165, 1.54) is 0 Å². The number of aldehydes is 1. The van der Waals surface area contributed by atoms with Crippen molar-refractivity contribution in [2.75, 3.05) is 6.61 Å². The van der Waals surface area contributed by atoms with Crippen LogP contribution in [0.2, 0.25) is 0 Å². The Balaban J connectivity index is 1.78. The van der Waals surface area contributed by atoms with Gasteiger partial charge in [0.25, 0.3) is 0 Å². The van der Waals surface area contributed by atoms with Crippen LogP contribution in [0.3, 0.4) is 0 Å². The Bertz CT molecular complexity index is 621. The zero-order chi connectivity index (χ0) is 15.8. The molecule has 2 aromatic rings. The van der Waals surface area contributed by atoms with Gasteiger partial charge in [-0.3, -0.25) is 4.79 Å². The fourth-order valence-corrected chi connectivity index (χ4v) is 1.94. The molecule has 2 rings (SSSR count). The van der Waals surface area contributed by atoms with Gasteiger partial charge in [0.1, 0.15) is 12.0 Å². The molecular formula is C17H18N2O3. The maximum absolute atomic E-state index is 10.6. The molecule has 0 aliphatic carbocycles. The number of hydrogen-bond donors (Lipinski definition) is 2. The van der Waals surface area contributed by atoms with Gasteiger partial charge in [0.15, 0.2) is 0 Å². The molecule has 22 heavy (non-hydrogen) atoms. The van der Waals surface area contributed by atoms with Crippen LogP contribution in [0.4, 0.5) is 4.79 Å². The van der Waals surface area contributed by atoms with E-state index in [9.17, 15) is 9.59 Å². The van der Waals surface area contributed by atoms with Crippen LogP contribution in [0.1, 0.15) is 21.5 Å². The number of carbonyl (C=O) groups excluding carboxylic acids is 2. The maximum Gasteiger partial charge on any atom is 0.312 e. The van der Waals surface area contributed by atoms with Crippen molar-refractivity contribution in [3.05, 3.63) is 65.2 Å². The van der Waals surface area contributed by atoms with Crippen LogP contribution >= 0.6 is 0 Å². The average molecular weight is 298 g/mol. The fraction of sp³-hybridized carbons (Fsp3) is 0.176. The predicted octanol–water partition coefficient (Wildman–Crippen LogP) is 2.29. The molecule has 0 saturated carbocycles. The number of nitrogens with one attached hydrogen (secondary N) is 1. The molecule has 0 fully saturated rings. The second kappa shape index (κ2) is 7.83. The monoisotopic (exact) mass is 298 g/mol. The van der Waals surface area contributed by atoms with Crippen LogP contribution in [0.15, 0.2) is 48.5 Å². The van der Waals surface area contributed by atoms with Gasteiger partial charge in [0, 0.05) is 18.5 Å². The number of benzene rings is 2. The van der Waals surface area contributed by atoms with Crippen molar-refractivity contribution >= 4 is 12.3 Å². The standard InChI is InChI=1S/C17H18N2O3/c18-17(21)19-11-14-3-1-13(2-4-14)9-10-22-16-7-5-15(12-20)6-8-16/h1-8,12H,9-11H2,(H3,18,19,21). The number of nitrogens with two attached hydrogens (primary N) is 1. The SMILES string of the molecule is NC(=O)NCc1ccc(CCOc2ccc(C=O)cc2)cc1. The normalized spacial score (nSPS) is 10.0. The number of carbonyl (C=O) groups is 2. The first-order chi connectivity index (χ1) is 10.7. The van der Waals surface area contributed by atoms with Crippen molar-refractivity contribution in [2.24, 2.45) is 5.73 Å². The van der Waals surface area contributed by atoms with E-state index in [1.54, 1.807) is 24.3 Å². The van der Waals surface area contributed by atoms with E-state index in [2.05, 4.69) is 5.32 Å². The minimum Gasteiger partial charge on any atom is -0.493 e. The van der Waals surface area contributed by atoms with E-state index >= 15 is 0 Å². The number of rotatable bonds is 7. The molecule has 114 valence electrons. The minimum atomic E-state index is -0.530. The van der Waals surface area contributed by atoms with Gasteiger partial charge in [0.05, 0.1) is 6.61 Å².